The van der Waals surface area contributed by atoms with Crippen LogP contribution >= 0.6 is 0 Å². The maximum absolute atomic E-state index is 12.7. The molecule has 2 amide bonds. The summed E-state index contributed by atoms with van der Waals surface area (Å²) in [6, 6.07) is 5.64. The van der Waals surface area contributed by atoms with Crippen LogP contribution in [-0.2, 0) is 9.59 Å². The lowest BCUT2D eigenvalue weighted by Crippen LogP contribution is -2.50. The van der Waals surface area contributed by atoms with E-state index in [2.05, 4.69) is 5.32 Å². The van der Waals surface area contributed by atoms with Crippen LogP contribution in [0.5, 0.6) is 0 Å². The van der Waals surface area contributed by atoms with Gasteiger partial charge in [0, 0.05) is 18.7 Å². The van der Waals surface area contributed by atoms with E-state index in [1.165, 1.54) is 0 Å². The predicted octanol–water partition coefficient (Wildman–Crippen LogP) is 3.42. The second-order valence-corrected chi connectivity index (χ2v) is 6.10. The quantitative estimate of drug-likeness (QED) is 0.926. The summed E-state index contributed by atoms with van der Waals surface area (Å²) in [5.74, 6) is 0.0467. The topological polar surface area (TPSA) is 49.4 Å². The standard InChI is InChI=1S/C18H26N2O2/c1-4-8-16(21)20-12-6-5-11-15(20)18(22)19-17-13(2)9-7-10-14(17)3/h7,9-10,15H,4-6,8,11-12H2,1-3H3,(H,19,22). The molecule has 4 nitrogen and oxygen atoms in total. The summed E-state index contributed by atoms with van der Waals surface area (Å²) in [5, 5.41) is 3.04. The normalized spacial score (nSPS) is 18.1. The van der Waals surface area contributed by atoms with E-state index in [0.717, 1.165) is 42.5 Å². The molecule has 1 aliphatic rings. The summed E-state index contributed by atoms with van der Waals surface area (Å²) in [6.45, 7) is 6.67. The molecule has 2 rings (SSSR count). The molecule has 1 heterocycles. The molecule has 0 aromatic heterocycles. The fourth-order valence-corrected chi connectivity index (χ4v) is 3.08. The molecule has 1 fully saturated rings. The number of hydrogen-bond acceptors (Lipinski definition) is 2. The monoisotopic (exact) mass is 302 g/mol. The zero-order chi connectivity index (χ0) is 16.1. The van der Waals surface area contributed by atoms with Gasteiger partial charge in [-0.3, -0.25) is 9.59 Å². The lowest BCUT2D eigenvalue weighted by Gasteiger charge is -2.35. The van der Waals surface area contributed by atoms with Crippen LogP contribution in [0, 0.1) is 13.8 Å². The summed E-state index contributed by atoms with van der Waals surface area (Å²) in [4.78, 5) is 26.7. The van der Waals surface area contributed by atoms with E-state index < -0.39 is 0 Å². The molecule has 1 aromatic rings. The number of benzene rings is 1. The molecule has 1 N–H and O–H groups in total. The number of carbonyl (C=O) groups is 2. The fraction of sp³-hybridized carbons (Fsp3) is 0.556. The van der Waals surface area contributed by atoms with E-state index >= 15 is 0 Å². The lowest BCUT2D eigenvalue weighted by molar-refractivity contribution is -0.140. The van der Waals surface area contributed by atoms with Crippen molar-refractivity contribution in [2.75, 3.05) is 11.9 Å². The van der Waals surface area contributed by atoms with Gasteiger partial charge in [-0.15, -0.1) is 0 Å². The molecule has 0 aliphatic carbocycles. The van der Waals surface area contributed by atoms with Crippen LogP contribution in [0.15, 0.2) is 18.2 Å². The van der Waals surface area contributed by atoms with Gasteiger partial charge in [0.25, 0.3) is 0 Å². The molecule has 0 bridgehead atoms. The molecule has 120 valence electrons. The first-order valence-corrected chi connectivity index (χ1v) is 8.21. The predicted molar refractivity (Wildman–Crippen MR) is 88.8 cm³/mol. The van der Waals surface area contributed by atoms with Gasteiger partial charge in [0.1, 0.15) is 6.04 Å². The zero-order valence-electron chi connectivity index (χ0n) is 13.8. The largest absolute Gasteiger partial charge is 0.331 e. The molecular weight excluding hydrogens is 276 g/mol. The smallest absolute Gasteiger partial charge is 0.247 e. The van der Waals surface area contributed by atoms with E-state index in [0.29, 0.717) is 13.0 Å². The van der Waals surface area contributed by atoms with Gasteiger partial charge in [-0.25, -0.2) is 0 Å². The number of rotatable bonds is 4. The molecule has 22 heavy (non-hydrogen) atoms. The van der Waals surface area contributed by atoms with Gasteiger partial charge in [-0.2, -0.15) is 0 Å². The number of nitrogens with one attached hydrogen (secondary N) is 1. The van der Waals surface area contributed by atoms with E-state index in [4.69, 9.17) is 0 Å². The Labute approximate surface area is 132 Å². The van der Waals surface area contributed by atoms with Crippen molar-refractivity contribution in [2.24, 2.45) is 0 Å². The number of aryl methyl sites for hydroxylation is 2. The Kier molecular flexibility index (Phi) is 5.58. The van der Waals surface area contributed by atoms with Gasteiger partial charge in [0.05, 0.1) is 0 Å². The second kappa shape index (κ2) is 7.43. The number of nitrogens with zero attached hydrogens (tertiary/aromatic N) is 1. The van der Waals surface area contributed by atoms with Crippen molar-refractivity contribution in [3.05, 3.63) is 29.3 Å². The minimum atomic E-state index is -0.327. The molecule has 0 saturated carbocycles. The number of piperidine rings is 1. The molecule has 1 aromatic carbocycles. The van der Waals surface area contributed by atoms with E-state index in [1.54, 1.807) is 4.90 Å². The van der Waals surface area contributed by atoms with Crippen molar-refractivity contribution < 1.29 is 9.59 Å². The summed E-state index contributed by atoms with van der Waals surface area (Å²) in [5.41, 5.74) is 2.98. The maximum Gasteiger partial charge on any atom is 0.247 e. The molecule has 1 unspecified atom stereocenters. The lowest BCUT2D eigenvalue weighted by atomic mass is 10.00. The Bertz CT molecular complexity index is 534. The molecule has 0 spiro atoms. The zero-order valence-corrected chi connectivity index (χ0v) is 13.8. The van der Waals surface area contributed by atoms with Crippen LogP contribution in [0.3, 0.4) is 0 Å². The number of carbonyl (C=O) groups excluding carboxylic acids is 2. The van der Waals surface area contributed by atoms with E-state index in [-0.39, 0.29) is 17.9 Å². The van der Waals surface area contributed by atoms with E-state index in [9.17, 15) is 9.59 Å². The number of anilines is 1. The van der Waals surface area contributed by atoms with Crippen molar-refractivity contribution >= 4 is 17.5 Å². The van der Waals surface area contributed by atoms with Crippen LogP contribution < -0.4 is 5.32 Å². The first kappa shape index (κ1) is 16.5. The fourth-order valence-electron chi connectivity index (χ4n) is 3.08. The molecule has 0 radical (unpaired) electrons. The third-order valence-corrected chi connectivity index (χ3v) is 4.32. The summed E-state index contributed by atoms with van der Waals surface area (Å²) in [6.07, 6.45) is 4.09. The van der Waals surface area contributed by atoms with Gasteiger partial charge in [-0.1, -0.05) is 25.1 Å². The average Bonchev–Trinajstić information content (AvgIpc) is 2.51. The number of likely N-dealkylation sites (tertiary alicyclic amines) is 1. The number of amides is 2. The summed E-state index contributed by atoms with van der Waals surface area (Å²) >= 11 is 0. The first-order chi connectivity index (χ1) is 10.5. The number of para-hydroxylation sites is 1. The SMILES string of the molecule is CCCC(=O)N1CCCCC1C(=O)Nc1c(C)cccc1C. The number of hydrogen-bond donors (Lipinski definition) is 1. The third-order valence-electron chi connectivity index (χ3n) is 4.32. The average molecular weight is 302 g/mol. The third kappa shape index (κ3) is 3.67. The van der Waals surface area contributed by atoms with Crippen LogP contribution in [-0.4, -0.2) is 29.3 Å². The Morgan fingerprint density at radius 3 is 2.55 bits per heavy atom. The highest BCUT2D eigenvalue weighted by Gasteiger charge is 2.31. The van der Waals surface area contributed by atoms with Crippen molar-refractivity contribution in [1.29, 1.82) is 0 Å². The first-order valence-electron chi connectivity index (χ1n) is 8.21. The highest BCUT2D eigenvalue weighted by Crippen LogP contribution is 2.23. The van der Waals surface area contributed by atoms with E-state index in [1.807, 2.05) is 39.0 Å². The molecule has 1 aliphatic heterocycles. The Morgan fingerprint density at radius 1 is 1.23 bits per heavy atom. The van der Waals surface area contributed by atoms with Crippen molar-refractivity contribution in [3.63, 3.8) is 0 Å². The van der Waals surface area contributed by atoms with Crippen molar-refractivity contribution in [1.82, 2.24) is 4.90 Å². The second-order valence-electron chi connectivity index (χ2n) is 6.10. The highest BCUT2D eigenvalue weighted by molar-refractivity contribution is 5.98. The Morgan fingerprint density at radius 2 is 1.91 bits per heavy atom. The van der Waals surface area contributed by atoms with Crippen LogP contribution in [0.2, 0.25) is 0 Å². The summed E-state index contributed by atoms with van der Waals surface area (Å²) < 4.78 is 0. The van der Waals surface area contributed by atoms with Crippen LogP contribution in [0.1, 0.15) is 50.2 Å². The molecule has 1 atom stereocenters. The van der Waals surface area contributed by atoms with Gasteiger partial charge >= 0.3 is 0 Å². The summed E-state index contributed by atoms with van der Waals surface area (Å²) in [7, 11) is 0. The molecular formula is C18H26N2O2. The van der Waals surface area contributed by atoms with Gasteiger partial charge in [0.15, 0.2) is 0 Å². The van der Waals surface area contributed by atoms with Gasteiger partial charge in [0.2, 0.25) is 11.8 Å². The van der Waals surface area contributed by atoms with Crippen LogP contribution in [0.4, 0.5) is 5.69 Å². The van der Waals surface area contributed by atoms with Gasteiger partial charge < -0.3 is 10.2 Å². The highest BCUT2D eigenvalue weighted by atomic mass is 16.2. The van der Waals surface area contributed by atoms with Crippen LogP contribution in [0.25, 0.3) is 0 Å². The van der Waals surface area contributed by atoms with Crippen molar-refractivity contribution in [3.8, 4) is 0 Å². The maximum atomic E-state index is 12.7. The molecule has 4 heteroatoms. The Balaban J connectivity index is 2.14. The van der Waals surface area contributed by atoms with Crippen molar-refractivity contribution in [2.45, 2.75) is 58.9 Å². The minimum absolute atomic E-state index is 0.0541. The Hall–Kier alpha value is -1.84. The van der Waals surface area contributed by atoms with Gasteiger partial charge in [-0.05, 0) is 50.7 Å². The molecule has 1 saturated heterocycles. The minimum Gasteiger partial charge on any atom is -0.331 e.